The third-order valence-electron chi connectivity index (χ3n) is 3.62. The lowest BCUT2D eigenvalue weighted by Gasteiger charge is -2.30. The Balaban J connectivity index is 2.89. The Kier molecular flexibility index (Phi) is 6.77. The molecule has 0 spiro atoms. The number of unbranched alkanes of at least 4 members (excludes halogenated alkanes) is 4. The van der Waals surface area contributed by atoms with Gasteiger partial charge in [0.25, 0.3) is 6.33 Å². The van der Waals surface area contributed by atoms with Crippen LogP contribution in [0.5, 0.6) is 0 Å². The van der Waals surface area contributed by atoms with Crippen LogP contribution in [0, 0.1) is 0 Å². The molecule has 0 N–H and O–H groups in total. The smallest absolute Gasteiger partial charge is 0.415 e. The van der Waals surface area contributed by atoms with Crippen molar-refractivity contribution in [2.75, 3.05) is 0 Å². The summed E-state index contributed by atoms with van der Waals surface area (Å²) in [6.45, 7) is 2.20. The van der Waals surface area contributed by atoms with Gasteiger partial charge in [0.05, 0.1) is 0 Å². The predicted molar refractivity (Wildman–Crippen MR) is 71.7 cm³/mol. The summed E-state index contributed by atoms with van der Waals surface area (Å²) in [7, 11) is 0. The summed E-state index contributed by atoms with van der Waals surface area (Å²) in [5, 5.41) is 13.6. The number of alkyl halides is 6. The second-order valence-electron chi connectivity index (χ2n) is 5.65. The minimum atomic E-state index is -6.49. The molecule has 26 heavy (non-hydrogen) atoms. The summed E-state index contributed by atoms with van der Waals surface area (Å²) in [6, 6.07) is 0. The van der Waals surface area contributed by atoms with E-state index in [0.29, 0.717) is 19.1 Å². The number of carbonyl (C=O) groups excluding carboxylic acids is 2. The molecule has 0 aliphatic rings. The lowest BCUT2D eigenvalue weighted by atomic mass is 10.0. The number of aromatic nitrogens is 3. The summed E-state index contributed by atoms with van der Waals surface area (Å²) >= 11 is 0. The van der Waals surface area contributed by atoms with Crippen LogP contribution >= 0.6 is 0 Å². The van der Waals surface area contributed by atoms with Crippen molar-refractivity contribution in [1.82, 2.24) is 9.67 Å². The fraction of sp³-hybridized carbons (Fsp3) is 0.714. The largest absolute Gasteiger partial charge is 0.544 e. The van der Waals surface area contributed by atoms with Gasteiger partial charge in [0.2, 0.25) is 6.33 Å². The van der Waals surface area contributed by atoms with Gasteiger partial charge in [-0.2, -0.15) is 26.3 Å². The number of nitrogens with zero attached hydrogens (tertiary/aromatic N) is 3. The van der Waals surface area contributed by atoms with E-state index < -0.39 is 29.6 Å². The highest BCUT2D eigenvalue weighted by Crippen LogP contribution is 2.46. The van der Waals surface area contributed by atoms with E-state index in [-0.39, 0.29) is 11.1 Å². The third-order valence-corrected chi connectivity index (χ3v) is 3.62. The molecule has 0 aliphatic carbocycles. The van der Waals surface area contributed by atoms with Crippen LogP contribution in [0.15, 0.2) is 12.7 Å². The van der Waals surface area contributed by atoms with Crippen molar-refractivity contribution in [1.29, 1.82) is 0 Å². The van der Waals surface area contributed by atoms with Gasteiger partial charge in [0.15, 0.2) is 0 Å². The number of carboxylic acids is 1. The molecule has 1 aromatic heterocycles. The summed E-state index contributed by atoms with van der Waals surface area (Å²) in [6.07, 6.45) is 5.36. The van der Waals surface area contributed by atoms with Crippen molar-refractivity contribution in [2.24, 2.45) is 0 Å². The van der Waals surface area contributed by atoms with Crippen molar-refractivity contribution < 1.29 is 45.7 Å². The van der Waals surface area contributed by atoms with Crippen LogP contribution in [0.4, 0.5) is 26.3 Å². The number of halogens is 6. The van der Waals surface area contributed by atoms with E-state index in [9.17, 15) is 41.0 Å². The zero-order valence-electron chi connectivity index (χ0n) is 13.7. The molecular formula is C14H17F6N3O3. The Hall–Kier alpha value is -2.14. The van der Waals surface area contributed by atoms with Gasteiger partial charge < -0.3 is 9.90 Å². The Morgan fingerprint density at radius 1 is 1.04 bits per heavy atom. The molecule has 0 amide bonds. The summed E-state index contributed by atoms with van der Waals surface area (Å²) in [5.41, 5.74) is 0. The Bertz CT molecular complexity index is 648. The van der Waals surface area contributed by atoms with E-state index >= 15 is 0 Å². The molecule has 0 bridgehead atoms. The van der Waals surface area contributed by atoms with E-state index in [1.54, 1.807) is 0 Å². The molecule has 1 aromatic rings. The van der Waals surface area contributed by atoms with Crippen LogP contribution in [0.2, 0.25) is 0 Å². The topological polar surface area (TPSA) is 78.9 Å². The molecule has 0 fully saturated rings. The van der Waals surface area contributed by atoms with Crippen molar-refractivity contribution in [3.63, 3.8) is 0 Å². The molecule has 0 aromatic carbocycles. The van der Waals surface area contributed by atoms with Gasteiger partial charge in [0, 0.05) is 0 Å². The maximum Gasteiger partial charge on any atom is 0.415 e. The molecular weight excluding hydrogens is 372 g/mol. The van der Waals surface area contributed by atoms with Gasteiger partial charge >= 0.3 is 23.7 Å². The monoisotopic (exact) mass is 389 g/mol. The SMILES string of the molecule is CCCCCCC[n+]1cn(C(=O)C(F)(F)C(F)(F)C(F)(F)C(=O)[O-])cn1. The van der Waals surface area contributed by atoms with E-state index in [1.165, 1.54) is 0 Å². The van der Waals surface area contributed by atoms with Gasteiger partial charge in [-0.05, 0) is 17.9 Å². The highest BCUT2D eigenvalue weighted by molar-refractivity contribution is 5.88. The molecule has 12 heteroatoms. The van der Waals surface area contributed by atoms with E-state index in [1.807, 2.05) is 6.92 Å². The van der Waals surface area contributed by atoms with Crippen LogP contribution in [0.1, 0.15) is 43.8 Å². The Labute approximate surface area is 144 Å². The fourth-order valence-electron chi connectivity index (χ4n) is 2.04. The maximum atomic E-state index is 13.6. The van der Waals surface area contributed by atoms with Crippen molar-refractivity contribution in [2.45, 2.75) is 63.3 Å². The molecule has 148 valence electrons. The number of aliphatic carboxylic acids is 1. The molecule has 0 atom stereocenters. The van der Waals surface area contributed by atoms with Crippen LogP contribution in [-0.4, -0.2) is 39.3 Å². The normalized spacial score (nSPS) is 13.0. The quantitative estimate of drug-likeness (QED) is 0.345. The average Bonchev–Trinajstić information content (AvgIpc) is 3.02. The van der Waals surface area contributed by atoms with Crippen LogP contribution in [0.3, 0.4) is 0 Å². The molecule has 0 aliphatic heterocycles. The lowest BCUT2D eigenvalue weighted by molar-refractivity contribution is -0.752. The van der Waals surface area contributed by atoms with Gasteiger partial charge in [0.1, 0.15) is 12.5 Å². The standard InChI is InChI=1S/C14H17F6N3O3/c1-2-3-4-5-6-7-23-9-22(8-21-23)10(24)12(15,16)14(19,20)13(17,18)11(25)26/h8-9H,2-7H2,1H3. The zero-order chi connectivity index (χ0) is 20.2. The molecule has 0 unspecified atom stereocenters. The second kappa shape index (κ2) is 8.04. The van der Waals surface area contributed by atoms with Crippen molar-refractivity contribution in [3.8, 4) is 0 Å². The van der Waals surface area contributed by atoms with Gasteiger partial charge in [-0.1, -0.05) is 26.2 Å². The fourth-order valence-corrected chi connectivity index (χ4v) is 2.04. The van der Waals surface area contributed by atoms with Crippen molar-refractivity contribution in [3.05, 3.63) is 12.7 Å². The first-order chi connectivity index (χ1) is 11.9. The summed E-state index contributed by atoms with van der Waals surface area (Å²) in [4.78, 5) is 21.6. The van der Waals surface area contributed by atoms with Gasteiger partial charge in [-0.15, -0.1) is 9.25 Å². The minimum Gasteiger partial charge on any atom is -0.544 e. The maximum absolute atomic E-state index is 13.6. The van der Waals surface area contributed by atoms with Crippen LogP contribution in [0.25, 0.3) is 0 Å². The average molecular weight is 389 g/mol. The van der Waals surface area contributed by atoms with Gasteiger partial charge in [-0.3, -0.25) is 0 Å². The third kappa shape index (κ3) is 4.15. The predicted octanol–water partition coefficient (Wildman–Crippen LogP) is 1.44. The summed E-state index contributed by atoms with van der Waals surface area (Å²) < 4.78 is 80.5. The van der Waals surface area contributed by atoms with Crippen LogP contribution in [-0.2, 0) is 11.3 Å². The zero-order valence-corrected chi connectivity index (χ0v) is 13.7. The number of carbonyl (C=O) groups is 2. The molecule has 1 rings (SSSR count). The first kappa shape index (κ1) is 21.9. The summed E-state index contributed by atoms with van der Waals surface area (Å²) in [5.74, 6) is -25.2. The number of aryl methyl sites for hydroxylation is 1. The molecule has 1 heterocycles. The Morgan fingerprint density at radius 3 is 2.15 bits per heavy atom. The highest BCUT2D eigenvalue weighted by Gasteiger charge is 2.77. The van der Waals surface area contributed by atoms with Crippen molar-refractivity contribution >= 4 is 11.9 Å². The number of hydrogen-bond donors (Lipinski definition) is 0. The minimum absolute atomic E-state index is 0.0920. The van der Waals surface area contributed by atoms with E-state index in [2.05, 4.69) is 5.10 Å². The highest BCUT2D eigenvalue weighted by atomic mass is 19.3. The molecule has 6 nitrogen and oxygen atoms in total. The first-order valence-electron chi connectivity index (χ1n) is 7.73. The molecule has 0 radical (unpaired) electrons. The first-order valence-corrected chi connectivity index (χ1v) is 7.73. The number of hydrogen-bond acceptors (Lipinski definition) is 4. The Morgan fingerprint density at radius 2 is 1.62 bits per heavy atom. The number of carboxylic acid groups (broad SMARTS) is 1. The lowest BCUT2D eigenvalue weighted by Crippen LogP contribution is -2.64. The van der Waals surface area contributed by atoms with Crippen LogP contribution < -0.4 is 9.79 Å². The van der Waals surface area contributed by atoms with Gasteiger partial charge in [-0.25, -0.2) is 4.79 Å². The van der Waals surface area contributed by atoms with E-state index in [4.69, 9.17) is 0 Å². The molecule has 0 saturated carbocycles. The number of rotatable bonds is 10. The van der Waals surface area contributed by atoms with E-state index in [0.717, 1.165) is 30.4 Å². The molecule has 0 saturated heterocycles. The second-order valence-corrected chi connectivity index (χ2v) is 5.65.